The van der Waals surface area contributed by atoms with Gasteiger partial charge in [0, 0.05) is 18.7 Å². The number of rotatable bonds is 10. The zero-order valence-corrected chi connectivity index (χ0v) is 20.9. The van der Waals surface area contributed by atoms with Gasteiger partial charge in [0.05, 0.1) is 20.1 Å². The Morgan fingerprint density at radius 2 is 1.63 bits per heavy atom. The molecule has 184 valence electrons. The van der Waals surface area contributed by atoms with Crippen molar-refractivity contribution in [3.8, 4) is 16.9 Å². The van der Waals surface area contributed by atoms with Gasteiger partial charge in [-0.2, -0.15) is 0 Å². The molecule has 0 saturated carbocycles. The van der Waals surface area contributed by atoms with E-state index >= 15 is 0 Å². The highest BCUT2D eigenvalue weighted by Gasteiger charge is 2.19. The van der Waals surface area contributed by atoms with Gasteiger partial charge in [0.25, 0.3) is 0 Å². The van der Waals surface area contributed by atoms with E-state index < -0.39 is 0 Å². The summed E-state index contributed by atoms with van der Waals surface area (Å²) in [6, 6.07) is 21.4. The van der Waals surface area contributed by atoms with Crippen molar-refractivity contribution < 1.29 is 23.8 Å². The highest BCUT2D eigenvalue weighted by Crippen LogP contribution is 2.34. The number of hydrogen-bond donors (Lipinski definition) is 0. The molecule has 0 atom stereocenters. The van der Waals surface area contributed by atoms with Crippen LogP contribution in [0, 0.1) is 6.92 Å². The molecule has 1 amide bonds. The molecular weight excluding hydrogens is 442 g/mol. The highest BCUT2D eigenvalue weighted by atomic mass is 16.6. The van der Waals surface area contributed by atoms with Crippen LogP contribution >= 0.6 is 0 Å². The number of nitrogens with zero attached hydrogens (tertiary/aromatic N) is 1. The first-order valence-electron chi connectivity index (χ1n) is 11.8. The fraction of sp³-hybridized carbons (Fsp3) is 0.310. The first-order chi connectivity index (χ1) is 16.9. The molecule has 0 saturated heterocycles. The van der Waals surface area contributed by atoms with Gasteiger partial charge in [0.1, 0.15) is 12.4 Å². The lowest BCUT2D eigenvalue weighted by atomic mass is 9.94. The third kappa shape index (κ3) is 7.09. The molecule has 0 aliphatic rings. The van der Waals surface area contributed by atoms with E-state index in [0.717, 1.165) is 33.4 Å². The fourth-order valence-corrected chi connectivity index (χ4v) is 3.89. The summed E-state index contributed by atoms with van der Waals surface area (Å²) >= 11 is 0. The van der Waals surface area contributed by atoms with Gasteiger partial charge in [-0.3, -0.25) is 4.79 Å². The topological polar surface area (TPSA) is 65.1 Å². The van der Waals surface area contributed by atoms with Crippen molar-refractivity contribution in [2.45, 2.75) is 40.3 Å². The Hall–Kier alpha value is -3.80. The number of carbonyl (C=O) groups is 2. The largest absolute Gasteiger partial charge is 0.496 e. The van der Waals surface area contributed by atoms with Gasteiger partial charge >= 0.3 is 12.1 Å². The van der Waals surface area contributed by atoms with E-state index in [2.05, 4.69) is 6.07 Å². The van der Waals surface area contributed by atoms with Crippen LogP contribution in [0.2, 0.25) is 0 Å². The van der Waals surface area contributed by atoms with E-state index in [0.29, 0.717) is 25.4 Å². The van der Waals surface area contributed by atoms with Gasteiger partial charge in [0.15, 0.2) is 0 Å². The predicted molar refractivity (Wildman–Crippen MR) is 136 cm³/mol. The molecule has 0 bridgehead atoms. The average molecular weight is 476 g/mol. The summed E-state index contributed by atoms with van der Waals surface area (Å²) in [5, 5.41) is 0. The number of aryl methyl sites for hydroxylation is 1. The molecule has 35 heavy (non-hydrogen) atoms. The lowest BCUT2D eigenvalue weighted by Gasteiger charge is -2.23. The van der Waals surface area contributed by atoms with Gasteiger partial charge in [-0.15, -0.1) is 0 Å². The van der Waals surface area contributed by atoms with Crippen molar-refractivity contribution >= 4 is 12.1 Å². The van der Waals surface area contributed by atoms with Crippen molar-refractivity contribution in [3.63, 3.8) is 0 Å². The van der Waals surface area contributed by atoms with Crippen LogP contribution in [0.15, 0.2) is 66.7 Å². The van der Waals surface area contributed by atoms with Gasteiger partial charge in [0.2, 0.25) is 0 Å². The minimum atomic E-state index is -0.369. The van der Waals surface area contributed by atoms with Crippen molar-refractivity contribution in [1.29, 1.82) is 0 Å². The van der Waals surface area contributed by atoms with E-state index in [-0.39, 0.29) is 25.1 Å². The van der Waals surface area contributed by atoms with Crippen LogP contribution in [0.1, 0.15) is 36.1 Å². The third-order valence-corrected chi connectivity index (χ3v) is 5.67. The van der Waals surface area contributed by atoms with E-state index in [1.165, 1.54) is 0 Å². The van der Waals surface area contributed by atoms with E-state index in [4.69, 9.17) is 14.2 Å². The molecule has 0 aliphatic carbocycles. The first-order valence-corrected chi connectivity index (χ1v) is 11.8. The maximum absolute atomic E-state index is 12.9. The normalized spacial score (nSPS) is 10.5. The van der Waals surface area contributed by atoms with Gasteiger partial charge in [-0.05, 0) is 55.2 Å². The second kappa shape index (κ2) is 12.6. The molecule has 3 rings (SSSR count). The summed E-state index contributed by atoms with van der Waals surface area (Å²) in [6.07, 6.45) is -0.189. The van der Waals surface area contributed by atoms with Crippen molar-refractivity contribution in [2.24, 2.45) is 0 Å². The molecule has 0 unspecified atom stereocenters. The molecule has 0 radical (unpaired) electrons. The van der Waals surface area contributed by atoms with E-state index in [1.807, 2.05) is 74.5 Å². The lowest BCUT2D eigenvalue weighted by molar-refractivity contribution is -0.142. The number of hydrogen-bond acceptors (Lipinski definition) is 5. The van der Waals surface area contributed by atoms with Crippen LogP contribution in [0.5, 0.6) is 5.75 Å². The molecule has 0 fully saturated rings. The highest BCUT2D eigenvalue weighted by molar-refractivity contribution is 5.78. The van der Waals surface area contributed by atoms with E-state index in [1.54, 1.807) is 18.9 Å². The minimum absolute atomic E-state index is 0.179. The number of methoxy groups -OCH3 is 1. The minimum Gasteiger partial charge on any atom is -0.496 e. The number of benzene rings is 3. The fourth-order valence-electron chi connectivity index (χ4n) is 3.89. The summed E-state index contributed by atoms with van der Waals surface area (Å²) in [6.45, 7) is 7.19. The Morgan fingerprint density at radius 1 is 0.857 bits per heavy atom. The molecular formula is C29H33NO5. The molecule has 3 aromatic carbocycles. The molecule has 6 nitrogen and oxygen atoms in total. The monoisotopic (exact) mass is 475 g/mol. The lowest BCUT2D eigenvalue weighted by Crippen LogP contribution is -2.31. The summed E-state index contributed by atoms with van der Waals surface area (Å²) in [5.41, 5.74) is 5.62. The van der Waals surface area contributed by atoms with Crippen molar-refractivity contribution in [2.75, 3.05) is 20.3 Å². The maximum Gasteiger partial charge on any atom is 0.410 e. The maximum atomic E-state index is 12.9. The second-order valence-electron chi connectivity index (χ2n) is 8.23. The molecule has 3 aromatic rings. The smallest absolute Gasteiger partial charge is 0.410 e. The number of carbonyl (C=O) groups excluding carboxylic acids is 2. The van der Waals surface area contributed by atoms with Crippen LogP contribution < -0.4 is 4.74 Å². The molecule has 6 heteroatoms. The van der Waals surface area contributed by atoms with Crippen LogP contribution in [0.3, 0.4) is 0 Å². The van der Waals surface area contributed by atoms with Crippen LogP contribution in [-0.2, 0) is 33.8 Å². The number of ether oxygens (including phenoxy) is 3. The quantitative estimate of drug-likeness (QED) is 0.340. The summed E-state index contributed by atoms with van der Waals surface area (Å²) < 4.78 is 16.3. The summed E-state index contributed by atoms with van der Waals surface area (Å²) in [5.74, 6) is 0.420. The summed E-state index contributed by atoms with van der Waals surface area (Å²) in [4.78, 5) is 26.6. The Bertz CT molecular complexity index is 1140. The van der Waals surface area contributed by atoms with Crippen LogP contribution in [0.25, 0.3) is 11.1 Å². The Kier molecular flexibility index (Phi) is 9.30. The first kappa shape index (κ1) is 25.8. The number of esters is 1. The summed E-state index contributed by atoms with van der Waals surface area (Å²) in [7, 11) is 1.62. The zero-order chi connectivity index (χ0) is 25.2. The Morgan fingerprint density at radius 3 is 2.31 bits per heavy atom. The molecule has 0 spiro atoms. The van der Waals surface area contributed by atoms with Crippen molar-refractivity contribution in [1.82, 2.24) is 4.90 Å². The Balaban J connectivity index is 1.87. The Labute approximate surface area is 207 Å². The van der Waals surface area contributed by atoms with E-state index in [9.17, 15) is 9.59 Å². The SMILES string of the molecule is CCOC(=O)Cc1ccc(OC)c(-c2ccc(C)cc2CN(CC)C(=O)OCc2ccccc2)c1. The third-order valence-electron chi connectivity index (χ3n) is 5.67. The second-order valence-corrected chi connectivity index (χ2v) is 8.23. The van der Waals surface area contributed by atoms with Crippen LogP contribution in [0.4, 0.5) is 4.79 Å². The van der Waals surface area contributed by atoms with Crippen molar-refractivity contribution in [3.05, 3.63) is 89.0 Å². The average Bonchev–Trinajstić information content (AvgIpc) is 2.86. The van der Waals surface area contributed by atoms with Gasteiger partial charge in [-0.1, -0.05) is 60.2 Å². The molecule has 0 aromatic heterocycles. The molecule has 0 N–H and O–H groups in total. The standard InChI is InChI=1S/C29H33NO5/c1-5-30(29(32)35-20-22-10-8-7-9-11-22)19-24-16-21(3)12-14-25(24)26-17-23(13-15-27(26)33-4)18-28(31)34-6-2/h7-17H,5-6,18-20H2,1-4H3. The number of amides is 1. The zero-order valence-electron chi connectivity index (χ0n) is 20.9. The van der Waals surface area contributed by atoms with Gasteiger partial charge in [-0.25, -0.2) is 4.79 Å². The predicted octanol–water partition coefficient (Wildman–Crippen LogP) is 5.93. The van der Waals surface area contributed by atoms with Crippen LogP contribution in [-0.4, -0.2) is 37.2 Å². The van der Waals surface area contributed by atoms with Gasteiger partial charge < -0.3 is 19.1 Å². The molecule has 0 heterocycles. The molecule has 0 aliphatic heterocycles.